The number of halogens is 2. The third-order valence-corrected chi connectivity index (χ3v) is 2.84. The van der Waals surface area contributed by atoms with Crippen molar-refractivity contribution in [2.45, 2.75) is 19.3 Å². The maximum Gasteiger partial charge on any atom is 0.159 e. The van der Waals surface area contributed by atoms with Gasteiger partial charge in [-0.2, -0.15) is 5.10 Å². The van der Waals surface area contributed by atoms with Gasteiger partial charge in [-0.15, -0.1) is 0 Å². The van der Waals surface area contributed by atoms with Crippen LogP contribution in [0.1, 0.15) is 17.5 Å². The van der Waals surface area contributed by atoms with E-state index in [1.165, 1.54) is 6.07 Å². The summed E-state index contributed by atoms with van der Waals surface area (Å²) in [6.45, 7) is 0. The van der Waals surface area contributed by atoms with Gasteiger partial charge in [0.25, 0.3) is 0 Å². The van der Waals surface area contributed by atoms with Crippen molar-refractivity contribution in [3.8, 4) is 0 Å². The Hall–Kier alpha value is -2.04. The lowest BCUT2D eigenvalue weighted by Gasteiger charge is -2.01. The number of carbonyl (C=O) groups excluding carboxylic acids is 1. The summed E-state index contributed by atoms with van der Waals surface area (Å²) in [6.07, 6.45) is 4.66. The average molecular weight is 264 g/mol. The van der Waals surface area contributed by atoms with Gasteiger partial charge < -0.3 is 0 Å². The van der Waals surface area contributed by atoms with Crippen LogP contribution in [0.2, 0.25) is 0 Å². The number of nitrogens with zero attached hydrogens (tertiary/aromatic N) is 2. The number of aromatic nitrogens is 2. The van der Waals surface area contributed by atoms with Crippen molar-refractivity contribution in [1.82, 2.24) is 9.78 Å². The minimum absolute atomic E-state index is 0.00476. The molecule has 0 unspecified atom stereocenters. The zero-order valence-electron chi connectivity index (χ0n) is 10.6. The summed E-state index contributed by atoms with van der Waals surface area (Å²) in [5.74, 6) is -1.82. The highest BCUT2D eigenvalue weighted by molar-refractivity contribution is 5.81. The maximum absolute atomic E-state index is 13.0. The fourth-order valence-corrected chi connectivity index (χ4v) is 1.85. The van der Waals surface area contributed by atoms with E-state index >= 15 is 0 Å². The van der Waals surface area contributed by atoms with Crippen LogP contribution in [0.5, 0.6) is 0 Å². The van der Waals surface area contributed by atoms with Crippen LogP contribution in [0.3, 0.4) is 0 Å². The Morgan fingerprint density at radius 2 is 2.05 bits per heavy atom. The second-order valence-corrected chi connectivity index (χ2v) is 4.49. The van der Waals surface area contributed by atoms with E-state index in [9.17, 15) is 13.6 Å². The van der Waals surface area contributed by atoms with Gasteiger partial charge in [-0.25, -0.2) is 8.78 Å². The number of carbonyl (C=O) groups is 1. The molecule has 100 valence electrons. The normalized spacial score (nSPS) is 10.7. The molecule has 2 aromatic rings. The molecule has 0 aliphatic heterocycles. The number of aryl methyl sites for hydroxylation is 2. The van der Waals surface area contributed by atoms with Crippen molar-refractivity contribution in [3.63, 3.8) is 0 Å². The van der Waals surface area contributed by atoms with E-state index in [-0.39, 0.29) is 12.2 Å². The molecule has 0 atom stereocenters. The highest BCUT2D eigenvalue weighted by Crippen LogP contribution is 2.11. The first-order valence-electron chi connectivity index (χ1n) is 5.98. The molecule has 1 heterocycles. The van der Waals surface area contributed by atoms with Gasteiger partial charge in [0.05, 0.1) is 6.20 Å². The monoisotopic (exact) mass is 264 g/mol. The topological polar surface area (TPSA) is 34.9 Å². The first-order chi connectivity index (χ1) is 9.04. The Balaban J connectivity index is 1.88. The summed E-state index contributed by atoms with van der Waals surface area (Å²) in [4.78, 5) is 11.7. The number of Topliss-reactive ketones (excluding diaryl/α,β-unsaturated/α-hetero) is 1. The Morgan fingerprint density at radius 1 is 1.26 bits per heavy atom. The third-order valence-electron chi connectivity index (χ3n) is 2.84. The lowest BCUT2D eigenvalue weighted by molar-refractivity contribution is -0.118. The second-order valence-electron chi connectivity index (χ2n) is 4.49. The van der Waals surface area contributed by atoms with Crippen molar-refractivity contribution in [2.75, 3.05) is 0 Å². The number of ketones is 1. The van der Waals surface area contributed by atoms with Gasteiger partial charge in [0.15, 0.2) is 11.6 Å². The van der Waals surface area contributed by atoms with Crippen LogP contribution in [0.4, 0.5) is 8.78 Å². The third kappa shape index (κ3) is 3.71. The Morgan fingerprint density at radius 3 is 2.68 bits per heavy atom. The van der Waals surface area contributed by atoms with E-state index in [4.69, 9.17) is 0 Å². The van der Waals surface area contributed by atoms with E-state index in [0.29, 0.717) is 18.4 Å². The molecule has 0 saturated carbocycles. The molecular formula is C14H14F2N2O. The van der Waals surface area contributed by atoms with Gasteiger partial charge in [-0.3, -0.25) is 9.48 Å². The lowest BCUT2D eigenvalue weighted by atomic mass is 10.0. The predicted molar refractivity (Wildman–Crippen MR) is 66.6 cm³/mol. The van der Waals surface area contributed by atoms with Crippen LogP contribution in [-0.2, 0) is 24.7 Å². The van der Waals surface area contributed by atoms with Crippen molar-refractivity contribution in [2.24, 2.45) is 7.05 Å². The summed E-state index contributed by atoms with van der Waals surface area (Å²) in [5.41, 5.74) is 1.48. The molecule has 0 aliphatic carbocycles. The molecule has 0 spiro atoms. The Bertz CT molecular complexity index is 593. The number of benzene rings is 1. The van der Waals surface area contributed by atoms with Crippen LogP contribution in [0, 0.1) is 11.6 Å². The molecule has 0 aliphatic rings. The summed E-state index contributed by atoms with van der Waals surface area (Å²) in [7, 11) is 1.81. The molecule has 2 rings (SSSR count). The first-order valence-corrected chi connectivity index (χ1v) is 5.98. The molecule has 0 saturated heterocycles. The van der Waals surface area contributed by atoms with Crippen LogP contribution in [0.25, 0.3) is 0 Å². The van der Waals surface area contributed by atoms with E-state index in [0.717, 1.165) is 17.7 Å². The molecule has 0 amide bonds. The van der Waals surface area contributed by atoms with E-state index < -0.39 is 11.6 Å². The largest absolute Gasteiger partial charge is 0.299 e. The fourth-order valence-electron chi connectivity index (χ4n) is 1.85. The molecule has 0 bridgehead atoms. The van der Waals surface area contributed by atoms with Gasteiger partial charge in [-0.1, -0.05) is 6.07 Å². The Kier molecular flexibility index (Phi) is 4.04. The molecule has 1 aromatic heterocycles. The van der Waals surface area contributed by atoms with Crippen molar-refractivity contribution in [1.29, 1.82) is 0 Å². The van der Waals surface area contributed by atoms with E-state index in [1.807, 2.05) is 13.2 Å². The highest BCUT2D eigenvalue weighted by atomic mass is 19.2. The summed E-state index contributed by atoms with van der Waals surface area (Å²) >= 11 is 0. The van der Waals surface area contributed by atoms with Crippen LogP contribution in [0.15, 0.2) is 30.6 Å². The standard InChI is InChI=1S/C14H14F2N2O/c1-18-9-11(8-17-18)2-4-12(19)6-10-3-5-13(15)14(16)7-10/h3,5,7-9H,2,4,6H2,1H3. The first kappa shape index (κ1) is 13.4. The molecule has 0 fully saturated rings. The number of hydrogen-bond donors (Lipinski definition) is 0. The average Bonchev–Trinajstić information content (AvgIpc) is 2.77. The van der Waals surface area contributed by atoms with Crippen LogP contribution >= 0.6 is 0 Å². The second kappa shape index (κ2) is 5.73. The molecule has 5 heteroatoms. The summed E-state index contributed by atoms with van der Waals surface area (Å²) in [5, 5.41) is 4.01. The maximum atomic E-state index is 13.0. The minimum Gasteiger partial charge on any atom is -0.299 e. The van der Waals surface area contributed by atoms with Gasteiger partial charge in [0.2, 0.25) is 0 Å². The lowest BCUT2D eigenvalue weighted by Crippen LogP contribution is -2.04. The van der Waals surface area contributed by atoms with Gasteiger partial charge in [0.1, 0.15) is 5.78 Å². The van der Waals surface area contributed by atoms with Crippen LogP contribution in [-0.4, -0.2) is 15.6 Å². The smallest absolute Gasteiger partial charge is 0.159 e. The predicted octanol–water partition coefficient (Wildman–Crippen LogP) is 2.44. The fraction of sp³-hybridized carbons (Fsp3) is 0.286. The van der Waals surface area contributed by atoms with E-state index in [1.54, 1.807) is 10.9 Å². The molecular weight excluding hydrogens is 250 g/mol. The molecule has 19 heavy (non-hydrogen) atoms. The van der Waals surface area contributed by atoms with Gasteiger partial charge >= 0.3 is 0 Å². The zero-order chi connectivity index (χ0) is 13.8. The van der Waals surface area contributed by atoms with Crippen LogP contribution < -0.4 is 0 Å². The van der Waals surface area contributed by atoms with Gasteiger partial charge in [-0.05, 0) is 29.7 Å². The molecule has 1 aromatic carbocycles. The summed E-state index contributed by atoms with van der Waals surface area (Å²) in [6, 6.07) is 3.54. The highest BCUT2D eigenvalue weighted by Gasteiger charge is 2.08. The number of hydrogen-bond acceptors (Lipinski definition) is 2. The Labute approximate surface area is 109 Å². The molecule has 3 nitrogen and oxygen atoms in total. The van der Waals surface area contributed by atoms with Gasteiger partial charge in [0, 0.05) is 26.1 Å². The number of rotatable bonds is 5. The quantitative estimate of drug-likeness (QED) is 0.831. The zero-order valence-corrected chi connectivity index (χ0v) is 10.6. The molecule has 0 N–H and O–H groups in total. The van der Waals surface area contributed by atoms with Crippen molar-refractivity contribution < 1.29 is 13.6 Å². The minimum atomic E-state index is -0.919. The summed E-state index contributed by atoms with van der Waals surface area (Å²) < 4.78 is 27.4. The SMILES string of the molecule is Cn1cc(CCC(=O)Cc2ccc(F)c(F)c2)cn1. The molecule has 0 radical (unpaired) electrons. The van der Waals surface area contributed by atoms with Crippen molar-refractivity contribution >= 4 is 5.78 Å². The van der Waals surface area contributed by atoms with E-state index in [2.05, 4.69) is 5.10 Å². The van der Waals surface area contributed by atoms with Crippen molar-refractivity contribution in [3.05, 3.63) is 53.4 Å².